The average molecular weight is 254 g/mol. The van der Waals surface area contributed by atoms with Crippen molar-refractivity contribution in [2.24, 2.45) is 5.73 Å². The molecule has 16 heavy (non-hydrogen) atoms. The molecule has 0 saturated carbocycles. The smallest absolute Gasteiger partial charge is 0.326 e. The largest absolute Gasteiger partial charge is 0.480 e. The molecule has 0 spiro atoms. The third-order valence-electron chi connectivity index (χ3n) is 2.06. The van der Waals surface area contributed by atoms with Crippen molar-refractivity contribution in [2.45, 2.75) is 13.0 Å². The second kappa shape index (κ2) is 4.32. The molecule has 0 aliphatic rings. The number of thiophene rings is 1. The maximum atomic E-state index is 10.7. The molecule has 0 aromatic carbocycles. The Morgan fingerprint density at radius 1 is 1.56 bits per heavy atom. The molecule has 1 unspecified atom stereocenters. The molecule has 0 amide bonds. The summed E-state index contributed by atoms with van der Waals surface area (Å²) < 4.78 is 0. The van der Waals surface area contributed by atoms with E-state index in [1.54, 1.807) is 16.7 Å². The summed E-state index contributed by atoms with van der Waals surface area (Å²) in [5, 5.41) is 11.3. The summed E-state index contributed by atoms with van der Waals surface area (Å²) in [6.45, 7) is 2.02. The zero-order valence-electron chi connectivity index (χ0n) is 8.51. The van der Waals surface area contributed by atoms with Crippen molar-refractivity contribution in [2.75, 3.05) is 0 Å². The first-order valence-corrected chi connectivity index (χ1v) is 6.28. The summed E-state index contributed by atoms with van der Waals surface area (Å²) in [4.78, 5) is 17.2. The first-order chi connectivity index (χ1) is 7.58. The van der Waals surface area contributed by atoms with Crippen LogP contribution in [-0.4, -0.2) is 16.1 Å². The van der Waals surface area contributed by atoms with Crippen LogP contribution in [-0.2, 0) is 4.79 Å². The average Bonchev–Trinajstić information content (AvgIpc) is 2.84. The van der Waals surface area contributed by atoms with Gasteiger partial charge in [0.15, 0.2) is 0 Å². The normalized spacial score (nSPS) is 12.6. The fourth-order valence-corrected chi connectivity index (χ4v) is 3.01. The van der Waals surface area contributed by atoms with Crippen LogP contribution < -0.4 is 5.73 Å². The molecule has 1 atom stereocenters. The van der Waals surface area contributed by atoms with E-state index in [-0.39, 0.29) is 0 Å². The molecule has 84 valence electrons. The molecule has 2 aromatic heterocycles. The number of aryl methyl sites for hydroxylation is 1. The van der Waals surface area contributed by atoms with E-state index in [4.69, 9.17) is 10.8 Å². The van der Waals surface area contributed by atoms with E-state index in [2.05, 4.69) is 4.98 Å². The number of carboxylic acid groups (broad SMARTS) is 1. The van der Waals surface area contributed by atoms with Crippen LogP contribution in [0.25, 0.3) is 9.88 Å². The molecule has 3 N–H and O–H groups in total. The third-order valence-corrected chi connectivity index (χ3v) is 4.09. The van der Waals surface area contributed by atoms with Gasteiger partial charge in [0.05, 0.1) is 10.6 Å². The summed E-state index contributed by atoms with van der Waals surface area (Å²) >= 11 is 3.05. The van der Waals surface area contributed by atoms with E-state index < -0.39 is 12.0 Å². The summed E-state index contributed by atoms with van der Waals surface area (Å²) in [6, 6.07) is 2.96. The van der Waals surface area contributed by atoms with Gasteiger partial charge >= 0.3 is 5.97 Å². The van der Waals surface area contributed by atoms with Gasteiger partial charge in [0.1, 0.15) is 11.0 Å². The second-order valence-electron chi connectivity index (χ2n) is 3.30. The van der Waals surface area contributed by atoms with Gasteiger partial charge in [0, 0.05) is 10.3 Å². The molecule has 2 rings (SSSR count). The highest BCUT2D eigenvalue weighted by molar-refractivity contribution is 7.21. The molecule has 2 aromatic rings. The number of rotatable bonds is 3. The van der Waals surface area contributed by atoms with Gasteiger partial charge in [-0.1, -0.05) is 0 Å². The number of carboxylic acids is 1. The van der Waals surface area contributed by atoms with Crippen molar-refractivity contribution in [3.63, 3.8) is 0 Å². The van der Waals surface area contributed by atoms with E-state index in [1.807, 2.05) is 19.1 Å². The Balaban J connectivity index is 2.29. The third kappa shape index (κ3) is 2.13. The van der Waals surface area contributed by atoms with Gasteiger partial charge < -0.3 is 10.8 Å². The van der Waals surface area contributed by atoms with E-state index in [0.29, 0.717) is 5.69 Å². The topological polar surface area (TPSA) is 76.2 Å². The Hall–Kier alpha value is -1.24. The minimum atomic E-state index is -1.06. The van der Waals surface area contributed by atoms with Gasteiger partial charge in [-0.3, -0.25) is 4.79 Å². The lowest BCUT2D eigenvalue weighted by Gasteiger charge is -2.00. The standard InChI is InChI=1S/C10H10N2O2S2/c1-5-2-3-7(16-5)9-12-6(4-15-9)8(11)10(13)14/h2-4,8H,11H2,1H3,(H,13,14). The number of aliphatic carboxylic acids is 1. The molecule has 2 heterocycles. The fourth-order valence-electron chi connectivity index (χ4n) is 1.22. The van der Waals surface area contributed by atoms with Crippen LogP contribution in [0, 0.1) is 6.92 Å². The number of thiazole rings is 1. The van der Waals surface area contributed by atoms with Gasteiger partial charge in [-0.15, -0.1) is 22.7 Å². The van der Waals surface area contributed by atoms with Gasteiger partial charge in [0.2, 0.25) is 0 Å². The number of hydrogen-bond acceptors (Lipinski definition) is 5. The molecule has 6 heteroatoms. The van der Waals surface area contributed by atoms with Crippen molar-refractivity contribution in [3.05, 3.63) is 28.1 Å². The molecule has 0 radical (unpaired) electrons. The molecule has 4 nitrogen and oxygen atoms in total. The number of nitrogens with two attached hydrogens (primary N) is 1. The zero-order valence-corrected chi connectivity index (χ0v) is 10.1. The van der Waals surface area contributed by atoms with E-state index >= 15 is 0 Å². The van der Waals surface area contributed by atoms with Crippen LogP contribution in [0.15, 0.2) is 17.5 Å². The molecular weight excluding hydrogens is 244 g/mol. The van der Waals surface area contributed by atoms with Crippen LogP contribution in [0.2, 0.25) is 0 Å². The van der Waals surface area contributed by atoms with Crippen molar-refractivity contribution < 1.29 is 9.90 Å². The maximum absolute atomic E-state index is 10.7. The molecule has 0 saturated heterocycles. The maximum Gasteiger partial charge on any atom is 0.326 e. The lowest BCUT2D eigenvalue weighted by molar-refractivity contribution is -0.138. The van der Waals surface area contributed by atoms with Crippen LogP contribution in [0.3, 0.4) is 0 Å². The highest BCUT2D eigenvalue weighted by atomic mass is 32.1. The van der Waals surface area contributed by atoms with Crippen molar-refractivity contribution in [1.82, 2.24) is 4.98 Å². The zero-order chi connectivity index (χ0) is 11.7. The van der Waals surface area contributed by atoms with Gasteiger partial charge in [-0.25, -0.2) is 4.98 Å². The quantitative estimate of drug-likeness (QED) is 0.881. The number of aromatic nitrogens is 1. The Kier molecular flexibility index (Phi) is 3.04. The minimum Gasteiger partial charge on any atom is -0.480 e. The number of nitrogens with zero attached hydrogens (tertiary/aromatic N) is 1. The highest BCUT2D eigenvalue weighted by Crippen LogP contribution is 2.31. The Labute approximate surface area is 100 Å². The first kappa shape index (κ1) is 11.3. The highest BCUT2D eigenvalue weighted by Gasteiger charge is 2.18. The second-order valence-corrected chi connectivity index (χ2v) is 5.45. The molecule has 0 aliphatic heterocycles. The van der Waals surface area contributed by atoms with Crippen LogP contribution in [0.5, 0.6) is 0 Å². The summed E-state index contributed by atoms with van der Waals surface area (Å²) in [5.74, 6) is -1.06. The molecule has 0 fully saturated rings. The SMILES string of the molecule is Cc1ccc(-c2nc(C(N)C(=O)O)cs2)s1. The Morgan fingerprint density at radius 3 is 2.88 bits per heavy atom. The lowest BCUT2D eigenvalue weighted by Crippen LogP contribution is -2.20. The van der Waals surface area contributed by atoms with Gasteiger partial charge in [-0.05, 0) is 19.1 Å². The minimum absolute atomic E-state index is 0.415. The molecular formula is C10H10N2O2S2. The van der Waals surface area contributed by atoms with Crippen molar-refractivity contribution in [1.29, 1.82) is 0 Å². The fraction of sp³-hybridized carbons (Fsp3) is 0.200. The number of carbonyl (C=O) groups is 1. The number of hydrogen-bond donors (Lipinski definition) is 2. The van der Waals surface area contributed by atoms with Gasteiger partial charge in [0.25, 0.3) is 0 Å². The Bertz CT molecular complexity index is 518. The predicted molar refractivity (Wildman–Crippen MR) is 64.7 cm³/mol. The summed E-state index contributed by atoms with van der Waals surface area (Å²) in [7, 11) is 0. The van der Waals surface area contributed by atoms with E-state index in [9.17, 15) is 4.79 Å². The van der Waals surface area contributed by atoms with Crippen molar-refractivity contribution in [3.8, 4) is 9.88 Å². The monoisotopic (exact) mass is 254 g/mol. The van der Waals surface area contributed by atoms with Crippen LogP contribution >= 0.6 is 22.7 Å². The molecule has 0 bridgehead atoms. The van der Waals surface area contributed by atoms with Crippen LogP contribution in [0.4, 0.5) is 0 Å². The van der Waals surface area contributed by atoms with Crippen LogP contribution in [0.1, 0.15) is 16.6 Å². The lowest BCUT2D eigenvalue weighted by atomic mass is 10.2. The first-order valence-electron chi connectivity index (χ1n) is 4.58. The predicted octanol–water partition coefficient (Wildman–Crippen LogP) is 2.26. The van der Waals surface area contributed by atoms with Gasteiger partial charge in [-0.2, -0.15) is 0 Å². The molecule has 0 aliphatic carbocycles. The summed E-state index contributed by atoms with van der Waals surface area (Å²) in [5.41, 5.74) is 5.90. The van der Waals surface area contributed by atoms with E-state index in [0.717, 1.165) is 9.88 Å². The summed E-state index contributed by atoms with van der Waals surface area (Å²) in [6.07, 6.45) is 0. The van der Waals surface area contributed by atoms with E-state index in [1.165, 1.54) is 16.2 Å². The van der Waals surface area contributed by atoms with Crippen molar-refractivity contribution >= 4 is 28.6 Å². The Morgan fingerprint density at radius 2 is 2.31 bits per heavy atom.